The van der Waals surface area contributed by atoms with Crippen LogP contribution in [0.3, 0.4) is 0 Å². The van der Waals surface area contributed by atoms with E-state index < -0.39 is 5.60 Å². The lowest BCUT2D eigenvalue weighted by Gasteiger charge is -2.64. The Kier molecular flexibility index (Phi) is 1.98. The molecule has 0 amide bonds. The quantitative estimate of drug-likeness (QED) is 0.620. The Hall–Kier alpha value is -0.300. The second-order valence-electron chi connectivity index (χ2n) is 7.41. The van der Waals surface area contributed by atoms with Gasteiger partial charge in [0.25, 0.3) is 0 Å². The van der Waals surface area contributed by atoms with Crippen LogP contribution in [0.1, 0.15) is 46.5 Å². The summed E-state index contributed by atoms with van der Waals surface area (Å²) in [5.41, 5.74) is 0.861. The molecule has 1 nitrogen and oxygen atoms in total. The number of hydrogen-bond donors (Lipinski definition) is 1. The average molecular weight is 220 g/mol. The lowest BCUT2D eigenvalue weighted by Crippen LogP contribution is -2.64. The summed E-state index contributed by atoms with van der Waals surface area (Å²) in [7, 11) is 0. The van der Waals surface area contributed by atoms with Gasteiger partial charge in [-0.15, -0.1) is 0 Å². The van der Waals surface area contributed by atoms with Crippen LogP contribution in [-0.2, 0) is 0 Å². The maximum atomic E-state index is 11.2. The molecule has 16 heavy (non-hydrogen) atoms. The Bertz CT molecular complexity index is 338. The molecule has 1 heteroatoms. The van der Waals surface area contributed by atoms with Crippen molar-refractivity contribution < 1.29 is 5.11 Å². The van der Waals surface area contributed by atoms with Gasteiger partial charge in [0.2, 0.25) is 0 Å². The predicted molar refractivity (Wildman–Crippen MR) is 66.0 cm³/mol. The molecule has 4 aliphatic rings. The number of hydrogen-bond acceptors (Lipinski definition) is 1. The summed E-state index contributed by atoms with van der Waals surface area (Å²) < 4.78 is 0. The molecule has 0 saturated heterocycles. The molecule has 4 aliphatic carbocycles. The van der Waals surface area contributed by atoms with Gasteiger partial charge in [0.15, 0.2) is 0 Å². The van der Waals surface area contributed by atoms with Crippen molar-refractivity contribution >= 4 is 0 Å². The first kappa shape index (κ1) is 10.8. The lowest BCUT2D eigenvalue weighted by atomic mass is 9.44. The minimum Gasteiger partial charge on any atom is -0.388 e. The minimum atomic E-state index is -0.489. The van der Waals surface area contributed by atoms with Gasteiger partial charge in [-0.2, -0.15) is 0 Å². The summed E-state index contributed by atoms with van der Waals surface area (Å²) in [6, 6.07) is 0. The van der Waals surface area contributed by atoms with Gasteiger partial charge in [0, 0.05) is 5.92 Å². The molecule has 4 fully saturated rings. The van der Waals surface area contributed by atoms with E-state index in [0.29, 0.717) is 11.8 Å². The van der Waals surface area contributed by atoms with Crippen LogP contribution in [-0.4, -0.2) is 10.7 Å². The largest absolute Gasteiger partial charge is 0.388 e. The van der Waals surface area contributed by atoms with Crippen molar-refractivity contribution in [2.45, 2.75) is 52.1 Å². The molecule has 5 atom stereocenters. The molecule has 0 spiro atoms. The van der Waals surface area contributed by atoms with Gasteiger partial charge in [-0.1, -0.05) is 32.9 Å². The monoisotopic (exact) mass is 220 g/mol. The third-order valence-corrected chi connectivity index (χ3v) is 5.70. The van der Waals surface area contributed by atoms with E-state index in [1.165, 1.54) is 31.3 Å². The highest BCUT2D eigenvalue weighted by atomic mass is 16.3. The van der Waals surface area contributed by atoms with Crippen LogP contribution in [0, 0.1) is 29.1 Å². The van der Waals surface area contributed by atoms with Gasteiger partial charge in [-0.3, -0.25) is 0 Å². The zero-order chi connectivity index (χ0) is 11.7. The van der Waals surface area contributed by atoms with Crippen LogP contribution in [0.2, 0.25) is 0 Å². The van der Waals surface area contributed by atoms with E-state index in [1.807, 2.05) is 0 Å². The molecule has 4 rings (SSSR count). The van der Waals surface area contributed by atoms with Crippen LogP contribution >= 0.6 is 0 Å². The van der Waals surface area contributed by atoms with Gasteiger partial charge in [0.1, 0.15) is 0 Å². The number of rotatable bonds is 0. The predicted octanol–water partition coefficient (Wildman–Crippen LogP) is 3.39. The molecular formula is C15H24O. The molecule has 90 valence electrons. The van der Waals surface area contributed by atoms with Crippen LogP contribution in [0.5, 0.6) is 0 Å². The van der Waals surface area contributed by atoms with Gasteiger partial charge < -0.3 is 5.11 Å². The van der Waals surface area contributed by atoms with Crippen LogP contribution in [0.25, 0.3) is 0 Å². The van der Waals surface area contributed by atoms with E-state index in [0.717, 1.165) is 11.8 Å². The van der Waals surface area contributed by atoms with Crippen molar-refractivity contribution in [1.29, 1.82) is 0 Å². The molecule has 0 aromatic carbocycles. The highest BCUT2D eigenvalue weighted by molar-refractivity contribution is 5.26. The highest BCUT2D eigenvalue weighted by Crippen LogP contribution is 2.64. The Morgan fingerprint density at radius 2 is 1.88 bits per heavy atom. The lowest BCUT2D eigenvalue weighted by molar-refractivity contribution is -0.201. The van der Waals surface area contributed by atoms with Gasteiger partial charge in [-0.25, -0.2) is 0 Å². The Labute approximate surface area is 98.9 Å². The summed E-state index contributed by atoms with van der Waals surface area (Å²) in [6.45, 7) is 10.9. The van der Waals surface area contributed by atoms with Crippen molar-refractivity contribution in [3.05, 3.63) is 12.2 Å². The highest BCUT2D eigenvalue weighted by Gasteiger charge is 2.62. The Morgan fingerprint density at radius 3 is 2.50 bits per heavy atom. The molecule has 0 unspecified atom stereocenters. The van der Waals surface area contributed by atoms with Crippen molar-refractivity contribution in [2.75, 3.05) is 0 Å². The topological polar surface area (TPSA) is 20.2 Å². The second-order valence-corrected chi connectivity index (χ2v) is 7.41. The third kappa shape index (κ3) is 1.11. The Morgan fingerprint density at radius 1 is 1.19 bits per heavy atom. The van der Waals surface area contributed by atoms with Gasteiger partial charge >= 0.3 is 0 Å². The fourth-order valence-electron chi connectivity index (χ4n) is 4.94. The summed E-state index contributed by atoms with van der Waals surface area (Å²) in [5.74, 6) is 2.51. The zero-order valence-electron chi connectivity index (χ0n) is 10.8. The molecule has 0 radical (unpaired) electrons. The molecular weight excluding hydrogens is 196 g/mol. The zero-order valence-corrected chi connectivity index (χ0v) is 10.8. The number of aliphatic hydroxyl groups is 1. The molecule has 0 aromatic heterocycles. The molecule has 4 saturated carbocycles. The molecule has 0 aliphatic heterocycles. The fourth-order valence-corrected chi connectivity index (χ4v) is 4.94. The van der Waals surface area contributed by atoms with Crippen molar-refractivity contribution in [1.82, 2.24) is 0 Å². The van der Waals surface area contributed by atoms with E-state index >= 15 is 0 Å². The second kappa shape index (κ2) is 2.93. The summed E-state index contributed by atoms with van der Waals surface area (Å²) in [6.07, 6.45) is 5.00. The van der Waals surface area contributed by atoms with E-state index in [-0.39, 0.29) is 5.41 Å². The normalized spacial score (nSPS) is 51.1. The van der Waals surface area contributed by atoms with E-state index in [9.17, 15) is 5.11 Å². The van der Waals surface area contributed by atoms with Gasteiger partial charge in [0.05, 0.1) is 5.60 Å². The van der Waals surface area contributed by atoms with Gasteiger partial charge in [-0.05, 0) is 48.9 Å². The first-order chi connectivity index (χ1) is 7.34. The van der Waals surface area contributed by atoms with Crippen LogP contribution < -0.4 is 0 Å². The molecule has 0 aromatic rings. The first-order valence-electron chi connectivity index (χ1n) is 6.75. The van der Waals surface area contributed by atoms with Crippen molar-refractivity contribution in [2.24, 2.45) is 29.1 Å². The first-order valence-corrected chi connectivity index (χ1v) is 6.75. The average Bonchev–Trinajstić information content (AvgIpc) is 2.18. The molecule has 4 bridgehead atoms. The smallest absolute Gasteiger partial charge is 0.0789 e. The minimum absolute atomic E-state index is 0.0153. The fraction of sp³-hybridized carbons (Fsp3) is 0.867. The SMILES string of the molecule is C=C1[C@@H]2C[C@H]3C[C@@H](C2)[C@@](O)(C(C)(C)C)[C@@H]1C3. The van der Waals surface area contributed by atoms with Crippen molar-refractivity contribution in [3.8, 4) is 0 Å². The van der Waals surface area contributed by atoms with E-state index in [1.54, 1.807) is 0 Å². The van der Waals surface area contributed by atoms with Crippen molar-refractivity contribution in [3.63, 3.8) is 0 Å². The van der Waals surface area contributed by atoms with Crippen LogP contribution in [0.4, 0.5) is 0 Å². The molecule has 0 heterocycles. The van der Waals surface area contributed by atoms with E-state index in [2.05, 4.69) is 27.4 Å². The third-order valence-electron chi connectivity index (χ3n) is 5.70. The Balaban J connectivity index is 2.05. The summed E-state index contributed by atoms with van der Waals surface area (Å²) >= 11 is 0. The maximum absolute atomic E-state index is 11.2. The summed E-state index contributed by atoms with van der Waals surface area (Å²) in [4.78, 5) is 0. The summed E-state index contributed by atoms with van der Waals surface area (Å²) in [5, 5.41) is 11.2. The van der Waals surface area contributed by atoms with E-state index in [4.69, 9.17) is 0 Å². The van der Waals surface area contributed by atoms with Crippen LogP contribution in [0.15, 0.2) is 12.2 Å². The maximum Gasteiger partial charge on any atom is 0.0789 e. The molecule has 1 N–H and O–H groups in total. The standard InChI is InChI=1S/C15H24O/c1-9-11-5-10-6-12(8-11)15(16,13(9)7-10)14(2,3)4/h10-13,16H,1,5-8H2,2-4H3/t10-,11+,12-,13+,15-/m0/s1.